The van der Waals surface area contributed by atoms with E-state index in [9.17, 15) is 9.59 Å². The molecule has 2 unspecified atom stereocenters. The normalized spacial score (nSPS) is 12.5. The number of hydrogen-bond acceptors (Lipinski definition) is 3. The van der Waals surface area contributed by atoms with E-state index in [0.717, 1.165) is 22.4 Å². The Balaban J connectivity index is 1.58. The van der Waals surface area contributed by atoms with Gasteiger partial charge in [0, 0.05) is 11.3 Å². The Morgan fingerprint density at radius 3 is 2.03 bits per heavy atom. The summed E-state index contributed by atoms with van der Waals surface area (Å²) in [6.45, 7) is 7.57. The van der Waals surface area contributed by atoms with Crippen molar-refractivity contribution in [1.82, 2.24) is 5.32 Å². The van der Waals surface area contributed by atoms with Crippen LogP contribution < -0.4 is 15.4 Å². The van der Waals surface area contributed by atoms with Crippen molar-refractivity contribution in [1.29, 1.82) is 0 Å². The summed E-state index contributed by atoms with van der Waals surface area (Å²) >= 11 is 0. The Labute approximate surface area is 183 Å². The molecule has 0 radical (unpaired) electrons. The van der Waals surface area contributed by atoms with Gasteiger partial charge in [0.15, 0.2) is 6.10 Å². The Morgan fingerprint density at radius 1 is 0.806 bits per heavy atom. The van der Waals surface area contributed by atoms with E-state index < -0.39 is 6.10 Å². The lowest BCUT2D eigenvalue weighted by Gasteiger charge is -2.18. The van der Waals surface area contributed by atoms with Gasteiger partial charge in [-0.2, -0.15) is 0 Å². The topological polar surface area (TPSA) is 67.4 Å². The van der Waals surface area contributed by atoms with Gasteiger partial charge in [0.25, 0.3) is 11.8 Å². The molecule has 2 N–H and O–H groups in total. The second-order valence-electron chi connectivity index (χ2n) is 7.65. The average Bonchev–Trinajstić information content (AvgIpc) is 2.77. The Hall–Kier alpha value is -3.60. The lowest BCUT2D eigenvalue weighted by Crippen LogP contribution is -2.30. The van der Waals surface area contributed by atoms with Gasteiger partial charge in [-0.05, 0) is 68.7 Å². The minimum atomic E-state index is -0.658. The van der Waals surface area contributed by atoms with E-state index in [-0.39, 0.29) is 17.9 Å². The molecule has 0 saturated heterocycles. The zero-order chi connectivity index (χ0) is 22.4. The van der Waals surface area contributed by atoms with Crippen molar-refractivity contribution in [3.05, 3.63) is 95.1 Å². The van der Waals surface area contributed by atoms with Crippen LogP contribution in [0.1, 0.15) is 46.9 Å². The van der Waals surface area contributed by atoms with Gasteiger partial charge in [-0.1, -0.05) is 48.5 Å². The monoisotopic (exact) mass is 416 g/mol. The van der Waals surface area contributed by atoms with Crippen LogP contribution in [0.2, 0.25) is 0 Å². The second-order valence-corrected chi connectivity index (χ2v) is 7.65. The smallest absolute Gasteiger partial charge is 0.265 e. The number of carbonyl (C=O) groups is 2. The number of amides is 2. The molecule has 31 heavy (non-hydrogen) atoms. The number of benzene rings is 3. The fraction of sp³-hybridized carbons (Fsp3) is 0.231. The van der Waals surface area contributed by atoms with E-state index in [1.807, 2.05) is 69.3 Å². The van der Waals surface area contributed by atoms with E-state index >= 15 is 0 Å². The molecule has 0 aromatic heterocycles. The van der Waals surface area contributed by atoms with Gasteiger partial charge in [0.05, 0.1) is 6.04 Å². The quantitative estimate of drug-likeness (QED) is 0.556. The van der Waals surface area contributed by atoms with Crippen LogP contribution in [0.3, 0.4) is 0 Å². The molecule has 0 bridgehead atoms. The van der Waals surface area contributed by atoms with Crippen molar-refractivity contribution in [2.75, 3.05) is 5.32 Å². The number of para-hydroxylation sites is 1. The van der Waals surface area contributed by atoms with E-state index in [2.05, 4.69) is 10.6 Å². The first kappa shape index (κ1) is 22.1. The maximum absolute atomic E-state index is 12.5. The van der Waals surface area contributed by atoms with Crippen molar-refractivity contribution < 1.29 is 14.3 Å². The van der Waals surface area contributed by atoms with Crippen LogP contribution in [0.25, 0.3) is 0 Å². The van der Waals surface area contributed by atoms with Crippen LogP contribution in [0.4, 0.5) is 5.69 Å². The molecular weight excluding hydrogens is 388 g/mol. The minimum absolute atomic E-state index is 0.101. The molecule has 0 heterocycles. The van der Waals surface area contributed by atoms with E-state index in [0.29, 0.717) is 11.3 Å². The molecular formula is C26H28N2O3. The van der Waals surface area contributed by atoms with Gasteiger partial charge in [-0.3, -0.25) is 9.59 Å². The van der Waals surface area contributed by atoms with Crippen LogP contribution in [-0.2, 0) is 4.79 Å². The van der Waals surface area contributed by atoms with Crippen molar-refractivity contribution in [2.45, 2.75) is 39.8 Å². The predicted molar refractivity (Wildman–Crippen MR) is 123 cm³/mol. The highest BCUT2D eigenvalue weighted by Gasteiger charge is 2.17. The standard InChI is InChI=1S/C26H28N2O3/c1-17-9-8-10-18(2)24(17)31-20(4)25(29)28-23-15-13-22(14-16-23)26(30)27-19(3)21-11-6-5-7-12-21/h5-16,19-20H,1-4H3,(H,27,30)(H,28,29). The third-order valence-electron chi connectivity index (χ3n) is 5.13. The lowest BCUT2D eigenvalue weighted by molar-refractivity contribution is -0.122. The summed E-state index contributed by atoms with van der Waals surface area (Å²) in [7, 11) is 0. The Kier molecular flexibility index (Phi) is 7.08. The number of ether oxygens (including phenoxy) is 1. The minimum Gasteiger partial charge on any atom is -0.480 e. The summed E-state index contributed by atoms with van der Waals surface area (Å²) in [5, 5.41) is 5.82. The SMILES string of the molecule is Cc1cccc(C)c1OC(C)C(=O)Nc1ccc(C(=O)NC(C)c2ccccc2)cc1. The summed E-state index contributed by atoms with van der Waals surface area (Å²) in [5.74, 6) is 0.309. The van der Waals surface area contributed by atoms with E-state index in [1.165, 1.54) is 0 Å². The first-order valence-corrected chi connectivity index (χ1v) is 10.3. The van der Waals surface area contributed by atoms with Crippen LogP contribution in [0.5, 0.6) is 5.75 Å². The first-order chi connectivity index (χ1) is 14.8. The van der Waals surface area contributed by atoms with Gasteiger partial charge >= 0.3 is 0 Å². The number of aryl methyl sites for hydroxylation is 2. The van der Waals surface area contributed by atoms with Crippen molar-refractivity contribution in [3.8, 4) is 5.75 Å². The van der Waals surface area contributed by atoms with Crippen LogP contribution in [0.15, 0.2) is 72.8 Å². The molecule has 2 amide bonds. The molecule has 0 aliphatic heterocycles. The molecule has 160 valence electrons. The molecule has 5 heteroatoms. The van der Waals surface area contributed by atoms with Crippen LogP contribution in [0, 0.1) is 13.8 Å². The maximum atomic E-state index is 12.5. The summed E-state index contributed by atoms with van der Waals surface area (Å²) in [5.41, 5.74) is 4.15. The lowest BCUT2D eigenvalue weighted by atomic mass is 10.1. The van der Waals surface area contributed by atoms with Gasteiger partial charge in [0.2, 0.25) is 0 Å². The summed E-state index contributed by atoms with van der Waals surface area (Å²) in [6, 6.07) is 22.4. The number of rotatable bonds is 7. The predicted octanol–water partition coefficient (Wildman–Crippen LogP) is 5.20. The van der Waals surface area contributed by atoms with Gasteiger partial charge in [0.1, 0.15) is 5.75 Å². The molecule has 3 aromatic carbocycles. The summed E-state index contributed by atoms with van der Waals surface area (Å²) in [4.78, 5) is 25.1. The number of anilines is 1. The van der Waals surface area contributed by atoms with Crippen LogP contribution in [-0.4, -0.2) is 17.9 Å². The molecule has 2 atom stereocenters. The molecule has 3 aromatic rings. The zero-order valence-corrected chi connectivity index (χ0v) is 18.3. The fourth-order valence-electron chi connectivity index (χ4n) is 3.27. The fourth-order valence-corrected chi connectivity index (χ4v) is 3.27. The highest BCUT2D eigenvalue weighted by Crippen LogP contribution is 2.24. The number of nitrogens with one attached hydrogen (secondary N) is 2. The second kappa shape index (κ2) is 9.94. The Bertz CT molecular complexity index is 1030. The largest absolute Gasteiger partial charge is 0.480 e. The summed E-state index contributed by atoms with van der Waals surface area (Å²) in [6.07, 6.45) is -0.658. The molecule has 0 aliphatic rings. The molecule has 0 aliphatic carbocycles. The molecule has 0 spiro atoms. The van der Waals surface area contributed by atoms with Crippen molar-refractivity contribution in [2.24, 2.45) is 0 Å². The number of hydrogen-bond donors (Lipinski definition) is 2. The van der Waals surface area contributed by atoms with Gasteiger partial charge in [-0.15, -0.1) is 0 Å². The third kappa shape index (κ3) is 5.72. The molecule has 3 rings (SSSR count). The maximum Gasteiger partial charge on any atom is 0.265 e. The molecule has 0 saturated carbocycles. The van der Waals surface area contributed by atoms with Crippen molar-refractivity contribution >= 4 is 17.5 Å². The van der Waals surface area contributed by atoms with Gasteiger partial charge < -0.3 is 15.4 Å². The van der Waals surface area contributed by atoms with E-state index in [1.54, 1.807) is 31.2 Å². The highest BCUT2D eigenvalue weighted by atomic mass is 16.5. The Morgan fingerprint density at radius 2 is 1.42 bits per heavy atom. The third-order valence-corrected chi connectivity index (χ3v) is 5.13. The van der Waals surface area contributed by atoms with Gasteiger partial charge in [-0.25, -0.2) is 0 Å². The van der Waals surface area contributed by atoms with E-state index in [4.69, 9.17) is 4.74 Å². The molecule has 5 nitrogen and oxygen atoms in total. The highest BCUT2D eigenvalue weighted by molar-refractivity contribution is 5.97. The summed E-state index contributed by atoms with van der Waals surface area (Å²) < 4.78 is 5.88. The first-order valence-electron chi connectivity index (χ1n) is 10.3. The van der Waals surface area contributed by atoms with Crippen LogP contribution >= 0.6 is 0 Å². The number of carbonyl (C=O) groups excluding carboxylic acids is 2. The zero-order valence-electron chi connectivity index (χ0n) is 18.3. The average molecular weight is 417 g/mol. The molecule has 0 fully saturated rings. The van der Waals surface area contributed by atoms with Crippen molar-refractivity contribution in [3.63, 3.8) is 0 Å².